The molecule has 0 spiro atoms. The molecule has 29 heavy (non-hydrogen) atoms. The van der Waals surface area contributed by atoms with Gasteiger partial charge >= 0.3 is 0 Å². The van der Waals surface area contributed by atoms with E-state index in [2.05, 4.69) is 44.8 Å². The number of thiophene rings is 1. The molecule has 0 aliphatic carbocycles. The smallest absolute Gasteiger partial charge is 0.175 e. The maximum Gasteiger partial charge on any atom is 0.175 e. The number of methoxy groups -OCH3 is 1. The molecule has 2 heterocycles. The third-order valence-electron chi connectivity index (χ3n) is 4.49. The van der Waals surface area contributed by atoms with Gasteiger partial charge in [0.15, 0.2) is 23.0 Å². The van der Waals surface area contributed by atoms with Gasteiger partial charge in [-0.25, -0.2) is 0 Å². The van der Waals surface area contributed by atoms with E-state index in [9.17, 15) is 0 Å². The Kier molecular flexibility index (Phi) is 6.59. The molecule has 0 amide bonds. The second-order valence-electron chi connectivity index (χ2n) is 6.56. The van der Waals surface area contributed by atoms with E-state index in [0.29, 0.717) is 31.3 Å². The molecule has 0 saturated carbocycles. The highest BCUT2D eigenvalue weighted by atomic mass is 79.9. The molecule has 1 aliphatic heterocycles. The van der Waals surface area contributed by atoms with Crippen LogP contribution in [0.2, 0.25) is 0 Å². The quantitative estimate of drug-likeness (QED) is 0.487. The molecular weight excluding hydrogens is 454 g/mol. The first-order chi connectivity index (χ1) is 14.2. The highest BCUT2D eigenvalue weighted by molar-refractivity contribution is 9.10. The minimum atomic E-state index is 0.404. The van der Waals surface area contributed by atoms with E-state index >= 15 is 0 Å². The Labute approximate surface area is 182 Å². The van der Waals surface area contributed by atoms with Crippen LogP contribution in [0, 0.1) is 0 Å². The molecule has 0 unspecified atom stereocenters. The molecule has 5 nitrogen and oxygen atoms in total. The van der Waals surface area contributed by atoms with Gasteiger partial charge in [0.25, 0.3) is 0 Å². The van der Waals surface area contributed by atoms with Crippen molar-refractivity contribution in [2.45, 2.75) is 19.7 Å². The molecule has 0 saturated heterocycles. The van der Waals surface area contributed by atoms with Gasteiger partial charge < -0.3 is 24.3 Å². The summed E-state index contributed by atoms with van der Waals surface area (Å²) in [7, 11) is 1.65. The average Bonchev–Trinajstić information content (AvgIpc) is 3.26. The second kappa shape index (κ2) is 9.52. The highest BCUT2D eigenvalue weighted by Gasteiger charge is 2.15. The molecule has 1 aromatic heterocycles. The number of hydrogen-bond acceptors (Lipinski definition) is 6. The zero-order valence-electron chi connectivity index (χ0n) is 16.1. The van der Waals surface area contributed by atoms with Gasteiger partial charge in [0.2, 0.25) is 0 Å². The minimum absolute atomic E-state index is 0.404. The third-order valence-corrected chi connectivity index (χ3v) is 5.95. The molecule has 4 rings (SSSR count). The first kappa shape index (κ1) is 20.1. The summed E-state index contributed by atoms with van der Waals surface area (Å²) in [6, 6.07) is 14.1. The maximum absolute atomic E-state index is 6.07. The SMILES string of the molecule is COc1cc(CNCc2cccs2)cc(Br)c1OCc1ccc2c(c1)OCCO2. The number of benzene rings is 2. The van der Waals surface area contributed by atoms with Crippen molar-refractivity contribution in [1.29, 1.82) is 0 Å². The minimum Gasteiger partial charge on any atom is -0.493 e. The van der Waals surface area contributed by atoms with Crippen LogP contribution in [-0.4, -0.2) is 20.3 Å². The Morgan fingerprint density at radius 2 is 1.90 bits per heavy atom. The Morgan fingerprint density at radius 1 is 1.03 bits per heavy atom. The van der Waals surface area contributed by atoms with Crippen molar-refractivity contribution in [2.75, 3.05) is 20.3 Å². The molecule has 7 heteroatoms. The first-order valence-corrected chi connectivity index (χ1v) is 11.0. The Bertz CT molecular complexity index is 962. The van der Waals surface area contributed by atoms with Crippen LogP contribution >= 0.6 is 27.3 Å². The monoisotopic (exact) mass is 475 g/mol. The summed E-state index contributed by atoms with van der Waals surface area (Å²) >= 11 is 5.38. The lowest BCUT2D eigenvalue weighted by Crippen LogP contribution is -2.15. The molecular formula is C22H22BrNO4S. The predicted octanol–water partition coefficient (Wildman–Crippen LogP) is 5.16. The Morgan fingerprint density at radius 3 is 2.69 bits per heavy atom. The molecule has 0 radical (unpaired) electrons. The van der Waals surface area contributed by atoms with Crippen molar-refractivity contribution < 1.29 is 18.9 Å². The fourth-order valence-electron chi connectivity index (χ4n) is 3.09. The molecule has 0 atom stereocenters. The first-order valence-electron chi connectivity index (χ1n) is 9.34. The van der Waals surface area contributed by atoms with E-state index in [-0.39, 0.29) is 0 Å². The zero-order chi connectivity index (χ0) is 20.1. The normalized spacial score (nSPS) is 12.6. The lowest BCUT2D eigenvalue weighted by atomic mass is 10.2. The zero-order valence-corrected chi connectivity index (χ0v) is 18.5. The van der Waals surface area contributed by atoms with Crippen molar-refractivity contribution >= 4 is 27.3 Å². The van der Waals surface area contributed by atoms with Crippen LogP contribution in [0.15, 0.2) is 52.3 Å². The number of fused-ring (bicyclic) bond motifs is 1. The van der Waals surface area contributed by atoms with Crippen molar-refractivity contribution in [3.8, 4) is 23.0 Å². The maximum atomic E-state index is 6.07. The third kappa shape index (κ3) is 5.04. The topological polar surface area (TPSA) is 49.0 Å². The van der Waals surface area contributed by atoms with Gasteiger partial charge in [-0.2, -0.15) is 0 Å². The van der Waals surface area contributed by atoms with Gasteiger partial charge in [-0.05, 0) is 62.8 Å². The summed E-state index contributed by atoms with van der Waals surface area (Å²) in [6.45, 7) is 3.15. The van der Waals surface area contributed by atoms with Crippen LogP contribution in [0.5, 0.6) is 23.0 Å². The summed E-state index contributed by atoms with van der Waals surface area (Å²) in [5.74, 6) is 2.92. The summed E-state index contributed by atoms with van der Waals surface area (Å²) in [5, 5.41) is 5.54. The van der Waals surface area contributed by atoms with Crippen molar-refractivity contribution in [2.24, 2.45) is 0 Å². The van der Waals surface area contributed by atoms with Gasteiger partial charge in [-0.3, -0.25) is 0 Å². The van der Waals surface area contributed by atoms with Crippen LogP contribution in [0.25, 0.3) is 0 Å². The average molecular weight is 476 g/mol. The number of rotatable bonds is 8. The fourth-order valence-corrected chi connectivity index (χ4v) is 4.37. The summed E-state index contributed by atoms with van der Waals surface area (Å²) in [5.41, 5.74) is 2.13. The van der Waals surface area contributed by atoms with Crippen LogP contribution in [0.1, 0.15) is 16.0 Å². The van der Waals surface area contributed by atoms with Crippen molar-refractivity contribution in [3.63, 3.8) is 0 Å². The Balaban J connectivity index is 1.41. The van der Waals surface area contributed by atoms with E-state index in [0.717, 1.165) is 40.2 Å². The van der Waals surface area contributed by atoms with E-state index < -0.39 is 0 Å². The Hall–Kier alpha value is -2.22. The lowest BCUT2D eigenvalue weighted by molar-refractivity contribution is 0.171. The largest absolute Gasteiger partial charge is 0.493 e. The summed E-state index contributed by atoms with van der Waals surface area (Å²) in [4.78, 5) is 1.32. The van der Waals surface area contributed by atoms with Crippen LogP contribution in [0.3, 0.4) is 0 Å². The van der Waals surface area contributed by atoms with E-state index in [1.165, 1.54) is 4.88 Å². The number of halogens is 1. The van der Waals surface area contributed by atoms with E-state index in [4.69, 9.17) is 18.9 Å². The predicted molar refractivity (Wildman–Crippen MR) is 117 cm³/mol. The van der Waals surface area contributed by atoms with Crippen molar-refractivity contribution in [3.05, 3.63) is 68.3 Å². The van der Waals surface area contributed by atoms with Gasteiger partial charge in [-0.1, -0.05) is 12.1 Å². The van der Waals surface area contributed by atoms with Crippen LogP contribution in [-0.2, 0) is 19.7 Å². The molecule has 1 aliphatic rings. The van der Waals surface area contributed by atoms with Crippen LogP contribution < -0.4 is 24.3 Å². The summed E-state index contributed by atoms with van der Waals surface area (Å²) in [6.07, 6.45) is 0. The van der Waals surface area contributed by atoms with Gasteiger partial charge in [0.05, 0.1) is 11.6 Å². The van der Waals surface area contributed by atoms with E-state index in [1.54, 1.807) is 18.4 Å². The number of nitrogens with one attached hydrogen (secondary N) is 1. The molecule has 0 fully saturated rings. The highest BCUT2D eigenvalue weighted by Crippen LogP contribution is 2.38. The molecule has 3 aromatic rings. The molecule has 0 bridgehead atoms. The number of hydrogen-bond donors (Lipinski definition) is 1. The second-order valence-corrected chi connectivity index (χ2v) is 8.45. The van der Waals surface area contributed by atoms with Gasteiger partial charge in [-0.15, -0.1) is 11.3 Å². The summed E-state index contributed by atoms with van der Waals surface area (Å²) < 4.78 is 23.7. The van der Waals surface area contributed by atoms with E-state index in [1.807, 2.05) is 24.3 Å². The number of ether oxygens (including phenoxy) is 4. The fraction of sp³-hybridized carbons (Fsp3) is 0.273. The van der Waals surface area contributed by atoms with Crippen molar-refractivity contribution in [1.82, 2.24) is 5.32 Å². The van der Waals surface area contributed by atoms with Gasteiger partial charge in [0, 0.05) is 18.0 Å². The standard InChI is InChI=1S/C22H22BrNO4S/c1-25-21-11-16(12-24-13-17-3-2-8-29-17)9-18(23)22(21)28-14-15-4-5-19-20(10-15)27-7-6-26-19/h2-5,8-11,24H,6-7,12-14H2,1H3. The lowest BCUT2D eigenvalue weighted by Gasteiger charge is -2.19. The van der Waals surface area contributed by atoms with Crippen LogP contribution in [0.4, 0.5) is 0 Å². The molecule has 2 aromatic carbocycles. The van der Waals surface area contributed by atoms with Gasteiger partial charge in [0.1, 0.15) is 19.8 Å². The molecule has 1 N–H and O–H groups in total. The molecule has 152 valence electrons.